The molecule has 1 rings (SSSR count). The number of carbonyl (C=O) groups is 3. The van der Waals surface area contributed by atoms with E-state index in [1.165, 1.54) is 0 Å². The van der Waals surface area contributed by atoms with Crippen molar-refractivity contribution in [1.82, 2.24) is 10.2 Å². The maximum atomic E-state index is 11.4. The Morgan fingerprint density at radius 2 is 1.89 bits per heavy atom. The van der Waals surface area contributed by atoms with Crippen molar-refractivity contribution in [2.24, 2.45) is 0 Å². The monoisotopic (exact) mass is 272 g/mol. The Labute approximate surface area is 112 Å². The number of rotatable bonds is 4. The number of nitrogens with one attached hydrogen (secondary N) is 1. The molecule has 0 aromatic carbocycles. The molecule has 3 amide bonds. The fourth-order valence-corrected chi connectivity index (χ4v) is 1.51. The second kappa shape index (κ2) is 6.51. The molecule has 0 atom stereocenters. The lowest BCUT2D eigenvalue weighted by molar-refractivity contribution is -0.158. The summed E-state index contributed by atoms with van der Waals surface area (Å²) in [5, 5.41) is 2.57. The van der Waals surface area contributed by atoms with Gasteiger partial charge in [-0.25, -0.2) is 4.79 Å². The van der Waals surface area contributed by atoms with Crippen LogP contribution in [0.2, 0.25) is 0 Å². The summed E-state index contributed by atoms with van der Waals surface area (Å²) in [6.45, 7) is 5.81. The van der Waals surface area contributed by atoms with Crippen molar-refractivity contribution in [2.45, 2.75) is 32.8 Å². The van der Waals surface area contributed by atoms with Crippen LogP contribution < -0.4 is 5.32 Å². The van der Waals surface area contributed by atoms with E-state index in [-0.39, 0.29) is 31.6 Å². The van der Waals surface area contributed by atoms with E-state index in [1.54, 1.807) is 20.8 Å². The van der Waals surface area contributed by atoms with Crippen LogP contribution >= 0.6 is 0 Å². The van der Waals surface area contributed by atoms with Crippen molar-refractivity contribution in [2.75, 3.05) is 26.3 Å². The Hall–Kier alpha value is -1.63. The van der Waals surface area contributed by atoms with Gasteiger partial charge in [0.25, 0.3) is 11.8 Å². The fraction of sp³-hybridized carbons (Fsp3) is 0.750. The van der Waals surface area contributed by atoms with Gasteiger partial charge in [-0.2, -0.15) is 0 Å². The van der Waals surface area contributed by atoms with Crippen LogP contribution in [0.1, 0.15) is 27.2 Å². The van der Waals surface area contributed by atoms with E-state index in [1.807, 2.05) is 0 Å². The minimum Gasteiger partial charge on any atom is -0.444 e. The molecular weight excluding hydrogens is 252 g/mol. The number of amides is 3. The van der Waals surface area contributed by atoms with Gasteiger partial charge in [0.15, 0.2) is 0 Å². The maximum absolute atomic E-state index is 11.4. The van der Waals surface area contributed by atoms with Gasteiger partial charge in [0.2, 0.25) is 0 Å². The van der Waals surface area contributed by atoms with E-state index in [2.05, 4.69) is 5.32 Å². The highest BCUT2D eigenvalue weighted by Crippen LogP contribution is 2.06. The summed E-state index contributed by atoms with van der Waals surface area (Å²) < 4.78 is 9.85. The van der Waals surface area contributed by atoms with Crippen molar-refractivity contribution < 1.29 is 23.9 Å². The smallest absolute Gasteiger partial charge is 0.407 e. The van der Waals surface area contributed by atoms with Crippen LogP contribution in [-0.2, 0) is 19.1 Å². The Morgan fingerprint density at radius 1 is 1.32 bits per heavy atom. The molecule has 0 aromatic heterocycles. The predicted octanol–water partition coefficient (Wildman–Crippen LogP) is 0.287. The average Bonchev–Trinajstić information content (AvgIpc) is 2.25. The minimum absolute atomic E-state index is 0.0643. The van der Waals surface area contributed by atoms with Crippen molar-refractivity contribution >= 4 is 17.9 Å². The Morgan fingerprint density at radius 3 is 2.42 bits per heavy atom. The number of morpholine rings is 1. The van der Waals surface area contributed by atoms with Gasteiger partial charge < -0.3 is 14.8 Å². The quantitative estimate of drug-likeness (QED) is 0.587. The first-order chi connectivity index (χ1) is 8.79. The average molecular weight is 272 g/mol. The van der Waals surface area contributed by atoms with Crippen LogP contribution in [0, 0.1) is 0 Å². The van der Waals surface area contributed by atoms with Crippen LogP contribution in [0.4, 0.5) is 4.79 Å². The van der Waals surface area contributed by atoms with Crippen LogP contribution in [0.25, 0.3) is 0 Å². The molecule has 1 N–H and O–H groups in total. The molecule has 1 aliphatic rings. The molecule has 0 bridgehead atoms. The molecule has 1 saturated heterocycles. The molecule has 0 saturated carbocycles. The third kappa shape index (κ3) is 5.69. The molecule has 1 fully saturated rings. The third-order valence-corrected chi connectivity index (χ3v) is 2.28. The number of nitrogens with zero attached hydrogens (tertiary/aromatic N) is 1. The molecule has 0 unspecified atom stereocenters. The first-order valence-corrected chi connectivity index (χ1v) is 6.17. The van der Waals surface area contributed by atoms with E-state index in [4.69, 9.17) is 9.47 Å². The van der Waals surface area contributed by atoms with Crippen molar-refractivity contribution in [3.8, 4) is 0 Å². The molecule has 108 valence electrons. The topological polar surface area (TPSA) is 84.9 Å². The lowest BCUT2D eigenvalue weighted by Crippen LogP contribution is -2.47. The highest BCUT2D eigenvalue weighted by atomic mass is 16.6. The first kappa shape index (κ1) is 15.4. The highest BCUT2D eigenvalue weighted by Gasteiger charge is 2.25. The van der Waals surface area contributed by atoms with Gasteiger partial charge in [-0.3, -0.25) is 14.5 Å². The summed E-state index contributed by atoms with van der Waals surface area (Å²) in [5.41, 5.74) is -0.541. The largest absolute Gasteiger partial charge is 0.444 e. The number of carbonyl (C=O) groups excluding carboxylic acids is 3. The second-order valence-corrected chi connectivity index (χ2v) is 5.21. The lowest BCUT2D eigenvalue weighted by Gasteiger charge is -2.25. The molecular formula is C12H20N2O5. The maximum Gasteiger partial charge on any atom is 0.407 e. The number of imide groups is 1. The van der Waals surface area contributed by atoms with Crippen LogP contribution in [0.15, 0.2) is 0 Å². The summed E-state index contributed by atoms with van der Waals surface area (Å²) >= 11 is 0. The van der Waals surface area contributed by atoms with E-state index in [0.29, 0.717) is 13.0 Å². The number of hydrogen-bond donors (Lipinski definition) is 1. The van der Waals surface area contributed by atoms with Gasteiger partial charge >= 0.3 is 6.09 Å². The van der Waals surface area contributed by atoms with Gasteiger partial charge in [0, 0.05) is 13.1 Å². The molecule has 0 aromatic rings. The normalized spacial score (nSPS) is 16.5. The van der Waals surface area contributed by atoms with Gasteiger partial charge in [0.05, 0.1) is 0 Å². The van der Waals surface area contributed by atoms with Gasteiger partial charge in [0.1, 0.15) is 18.8 Å². The lowest BCUT2D eigenvalue weighted by atomic mass is 10.2. The van der Waals surface area contributed by atoms with Gasteiger partial charge in [-0.15, -0.1) is 0 Å². The van der Waals surface area contributed by atoms with Crippen molar-refractivity contribution in [3.05, 3.63) is 0 Å². The molecule has 0 spiro atoms. The fourth-order valence-electron chi connectivity index (χ4n) is 1.51. The van der Waals surface area contributed by atoms with Crippen LogP contribution in [0.5, 0.6) is 0 Å². The van der Waals surface area contributed by atoms with Gasteiger partial charge in [-0.1, -0.05) is 0 Å². The molecule has 1 aliphatic heterocycles. The van der Waals surface area contributed by atoms with Crippen molar-refractivity contribution in [1.29, 1.82) is 0 Å². The zero-order valence-corrected chi connectivity index (χ0v) is 11.5. The van der Waals surface area contributed by atoms with E-state index in [9.17, 15) is 14.4 Å². The molecule has 0 radical (unpaired) electrons. The summed E-state index contributed by atoms with van der Waals surface area (Å²) in [4.78, 5) is 35.3. The molecule has 7 nitrogen and oxygen atoms in total. The zero-order chi connectivity index (χ0) is 14.5. The van der Waals surface area contributed by atoms with Crippen molar-refractivity contribution in [3.63, 3.8) is 0 Å². The number of ether oxygens (including phenoxy) is 2. The molecule has 7 heteroatoms. The SMILES string of the molecule is CC(C)(C)OC(=O)NCCCN1C(=O)COCC1=O. The second-order valence-electron chi connectivity index (χ2n) is 5.21. The van der Waals surface area contributed by atoms with Gasteiger partial charge in [-0.05, 0) is 27.2 Å². The minimum atomic E-state index is -0.541. The molecule has 19 heavy (non-hydrogen) atoms. The van der Waals surface area contributed by atoms with E-state index in [0.717, 1.165) is 4.90 Å². The standard InChI is InChI=1S/C12H20N2O5/c1-12(2,3)19-11(17)13-5-4-6-14-9(15)7-18-8-10(14)16/h4-8H2,1-3H3,(H,13,17). The Balaban J connectivity index is 2.21. The Bertz CT molecular complexity index is 346. The van der Waals surface area contributed by atoms with Crippen LogP contribution in [0.3, 0.4) is 0 Å². The molecule has 0 aliphatic carbocycles. The molecule has 1 heterocycles. The van der Waals surface area contributed by atoms with E-state index < -0.39 is 11.7 Å². The van der Waals surface area contributed by atoms with Crippen LogP contribution in [-0.4, -0.2) is 54.7 Å². The third-order valence-electron chi connectivity index (χ3n) is 2.28. The predicted molar refractivity (Wildman–Crippen MR) is 66.4 cm³/mol. The number of hydrogen-bond acceptors (Lipinski definition) is 5. The summed E-state index contributed by atoms with van der Waals surface area (Å²) in [7, 11) is 0. The zero-order valence-electron chi connectivity index (χ0n) is 11.5. The first-order valence-electron chi connectivity index (χ1n) is 6.17. The summed E-state index contributed by atoms with van der Waals surface area (Å²) in [6, 6.07) is 0. The summed E-state index contributed by atoms with van der Waals surface area (Å²) in [5.74, 6) is -0.679. The highest BCUT2D eigenvalue weighted by molar-refractivity contribution is 5.98. The van der Waals surface area contributed by atoms with E-state index >= 15 is 0 Å². The Kier molecular flexibility index (Phi) is 5.29. The summed E-state index contributed by atoms with van der Waals surface area (Å²) in [6.07, 6.45) is -0.0244. The number of alkyl carbamates (subject to hydrolysis) is 1.